The van der Waals surface area contributed by atoms with Crippen LogP contribution in [0.4, 0.5) is 0 Å². The lowest BCUT2D eigenvalue weighted by Crippen LogP contribution is -2.55. The van der Waals surface area contributed by atoms with Crippen molar-refractivity contribution in [3.05, 3.63) is 0 Å². The van der Waals surface area contributed by atoms with Gasteiger partial charge in [-0.25, -0.2) is 0 Å². The fourth-order valence-electron chi connectivity index (χ4n) is 4.25. The number of rotatable bonds is 5. The van der Waals surface area contributed by atoms with Gasteiger partial charge in [0.25, 0.3) is 0 Å². The van der Waals surface area contributed by atoms with Crippen molar-refractivity contribution >= 4 is 35.8 Å². The van der Waals surface area contributed by atoms with Gasteiger partial charge >= 0.3 is 0 Å². The predicted octanol–water partition coefficient (Wildman–Crippen LogP) is 2.16. The molecule has 0 spiro atoms. The maximum absolute atomic E-state index is 12.0. The second kappa shape index (κ2) is 12.3. The van der Waals surface area contributed by atoms with E-state index in [4.69, 9.17) is 4.74 Å². The Balaban J connectivity index is 0.00000420. The molecule has 0 aromatic carbocycles. The molecule has 0 aliphatic carbocycles. The summed E-state index contributed by atoms with van der Waals surface area (Å²) in [6.07, 6.45) is 2.61. The summed E-state index contributed by atoms with van der Waals surface area (Å²) in [5.74, 6) is 1.58. The van der Waals surface area contributed by atoms with E-state index in [1.54, 1.807) is 0 Å². The lowest BCUT2D eigenvalue weighted by Gasteiger charge is -2.41. The average molecular weight is 524 g/mol. The van der Waals surface area contributed by atoms with Crippen LogP contribution in [0.1, 0.15) is 47.5 Å². The molecule has 7 nitrogen and oxygen atoms in total. The standard InChI is InChI=1S/C21H41N5O2.HI/c1-16(2)24-18(27)15-25-9-11-26(12-10-25)20(22-6)23-14-17-8-7-13-28-19(17)21(3,4)5;/h16-17,19H,7-15H2,1-6H3,(H,22,23)(H,24,27);1H. The van der Waals surface area contributed by atoms with Crippen LogP contribution >= 0.6 is 24.0 Å². The zero-order valence-electron chi connectivity index (χ0n) is 19.2. The van der Waals surface area contributed by atoms with Crippen molar-refractivity contribution in [3.63, 3.8) is 0 Å². The van der Waals surface area contributed by atoms with E-state index in [1.165, 1.54) is 6.42 Å². The van der Waals surface area contributed by atoms with E-state index < -0.39 is 0 Å². The zero-order valence-corrected chi connectivity index (χ0v) is 21.5. The van der Waals surface area contributed by atoms with E-state index in [0.29, 0.717) is 12.5 Å². The molecule has 0 aromatic heterocycles. The molecule has 8 heteroatoms. The maximum Gasteiger partial charge on any atom is 0.234 e. The van der Waals surface area contributed by atoms with Gasteiger partial charge in [-0.05, 0) is 32.1 Å². The van der Waals surface area contributed by atoms with Crippen molar-refractivity contribution < 1.29 is 9.53 Å². The maximum atomic E-state index is 12.0. The van der Waals surface area contributed by atoms with Crippen molar-refractivity contribution in [2.75, 3.05) is 52.9 Å². The number of guanidine groups is 1. The summed E-state index contributed by atoms with van der Waals surface area (Å²) in [5.41, 5.74) is 0.151. The number of nitrogens with one attached hydrogen (secondary N) is 2. The fraction of sp³-hybridized carbons (Fsp3) is 0.905. The van der Waals surface area contributed by atoms with Gasteiger partial charge in [0.15, 0.2) is 5.96 Å². The Labute approximate surface area is 194 Å². The van der Waals surface area contributed by atoms with Gasteiger partial charge in [0.2, 0.25) is 5.91 Å². The highest BCUT2D eigenvalue weighted by Crippen LogP contribution is 2.33. The van der Waals surface area contributed by atoms with E-state index >= 15 is 0 Å². The molecule has 0 aromatic rings. The second-order valence-electron chi connectivity index (χ2n) is 9.47. The van der Waals surface area contributed by atoms with Gasteiger partial charge in [-0.3, -0.25) is 14.7 Å². The first-order valence-electron chi connectivity index (χ1n) is 10.8. The lowest BCUT2D eigenvalue weighted by molar-refractivity contribution is -0.123. The van der Waals surface area contributed by atoms with Crippen molar-refractivity contribution in [1.82, 2.24) is 20.4 Å². The molecule has 2 fully saturated rings. The first-order valence-corrected chi connectivity index (χ1v) is 10.8. The molecule has 2 aliphatic rings. The number of halogens is 1. The summed E-state index contributed by atoms with van der Waals surface area (Å²) in [5, 5.41) is 6.56. The molecule has 2 unspecified atom stereocenters. The molecule has 0 saturated carbocycles. The van der Waals surface area contributed by atoms with E-state index in [-0.39, 0.29) is 47.4 Å². The van der Waals surface area contributed by atoms with Gasteiger partial charge in [0.05, 0.1) is 12.6 Å². The molecular weight excluding hydrogens is 481 g/mol. The third-order valence-electron chi connectivity index (χ3n) is 5.52. The van der Waals surface area contributed by atoms with Gasteiger partial charge in [0, 0.05) is 58.3 Å². The smallest absolute Gasteiger partial charge is 0.234 e. The van der Waals surface area contributed by atoms with E-state index in [0.717, 1.165) is 51.7 Å². The summed E-state index contributed by atoms with van der Waals surface area (Å²) in [6.45, 7) is 16.6. The fourth-order valence-corrected chi connectivity index (χ4v) is 4.25. The molecule has 2 aliphatic heterocycles. The Kier molecular flexibility index (Phi) is 11.2. The molecule has 0 bridgehead atoms. The molecule has 1 amide bonds. The van der Waals surface area contributed by atoms with E-state index in [9.17, 15) is 4.79 Å². The molecule has 2 atom stereocenters. The number of piperazine rings is 1. The van der Waals surface area contributed by atoms with Crippen LogP contribution in [0.3, 0.4) is 0 Å². The molecule has 2 saturated heterocycles. The molecule has 29 heavy (non-hydrogen) atoms. The molecule has 2 heterocycles. The third kappa shape index (κ3) is 8.57. The normalized spacial score (nSPS) is 24.2. The molecule has 170 valence electrons. The number of carbonyl (C=O) groups is 1. The van der Waals surface area contributed by atoms with Crippen LogP contribution in [0.15, 0.2) is 4.99 Å². The van der Waals surface area contributed by atoms with Crippen LogP contribution in [0, 0.1) is 11.3 Å². The van der Waals surface area contributed by atoms with Crippen LogP contribution < -0.4 is 10.6 Å². The minimum atomic E-state index is 0. The SMILES string of the molecule is CN=C(NCC1CCCOC1C(C)(C)C)N1CCN(CC(=O)NC(C)C)CC1.I. The highest BCUT2D eigenvalue weighted by Gasteiger charge is 2.35. The molecule has 2 rings (SSSR count). The topological polar surface area (TPSA) is 69.2 Å². The summed E-state index contributed by atoms with van der Waals surface area (Å²) >= 11 is 0. The molecular formula is C21H42IN5O2. The first kappa shape index (κ1) is 26.4. The van der Waals surface area contributed by atoms with Gasteiger partial charge in [-0.15, -0.1) is 24.0 Å². The number of amides is 1. The van der Waals surface area contributed by atoms with Crippen molar-refractivity contribution in [1.29, 1.82) is 0 Å². The average Bonchev–Trinajstić information content (AvgIpc) is 2.62. The zero-order chi connectivity index (χ0) is 20.7. The number of carbonyl (C=O) groups excluding carboxylic acids is 1. The predicted molar refractivity (Wildman–Crippen MR) is 130 cm³/mol. The summed E-state index contributed by atoms with van der Waals surface area (Å²) in [7, 11) is 1.85. The monoisotopic (exact) mass is 523 g/mol. The number of ether oxygens (including phenoxy) is 1. The van der Waals surface area contributed by atoms with Gasteiger partial charge < -0.3 is 20.3 Å². The van der Waals surface area contributed by atoms with E-state index in [1.807, 2.05) is 20.9 Å². The van der Waals surface area contributed by atoms with Gasteiger partial charge in [-0.1, -0.05) is 20.8 Å². The second-order valence-corrected chi connectivity index (χ2v) is 9.47. The summed E-state index contributed by atoms with van der Waals surface area (Å²) in [6, 6.07) is 0.192. The van der Waals surface area contributed by atoms with Crippen LogP contribution in [0.5, 0.6) is 0 Å². The number of nitrogens with zero attached hydrogens (tertiary/aromatic N) is 3. The summed E-state index contributed by atoms with van der Waals surface area (Å²) < 4.78 is 6.11. The quantitative estimate of drug-likeness (QED) is 0.329. The first-order chi connectivity index (χ1) is 13.2. The van der Waals surface area contributed by atoms with Gasteiger partial charge in [0.1, 0.15) is 0 Å². The van der Waals surface area contributed by atoms with Crippen LogP contribution in [-0.4, -0.2) is 86.7 Å². The van der Waals surface area contributed by atoms with Crippen molar-refractivity contribution in [3.8, 4) is 0 Å². The van der Waals surface area contributed by atoms with Crippen LogP contribution in [-0.2, 0) is 9.53 Å². The largest absolute Gasteiger partial charge is 0.377 e. The van der Waals surface area contributed by atoms with Crippen LogP contribution in [0.25, 0.3) is 0 Å². The van der Waals surface area contributed by atoms with Crippen LogP contribution in [0.2, 0.25) is 0 Å². The van der Waals surface area contributed by atoms with Crippen molar-refractivity contribution in [2.45, 2.75) is 59.6 Å². The molecule has 2 N–H and O–H groups in total. The Morgan fingerprint density at radius 2 is 1.86 bits per heavy atom. The minimum Gasteiger partial charge on any atom is -0.377 e. The number of aliphatic imine (C=N–C) groups is 1. The summed E-state index contributed by atoms with van der Waals surface area (Å²) in [4.78, 5) is 21.0. The van der Waals surface area contributed by atoms with E-state index in [2.05, 4.69) is 46.2 Å². The Bertz CT molecular complexity index is 528. The van der Waals surface area contributed by atoms with Gasteiger partial charge in [-0.2, -0.15) is 0 Å². The molecule has 0 radical (unpaired) electrons. The highest BCUT2D eigenvalue weighted by molar-refractivity contribution is 14.0. The number of hydrogen-bond acceptors (Lipinski definition) is 4. The lowest BCUT2D eigenvalue weighted by atomic mass is 9.78. The number of hydrogen-bond donors (Lipinski definition) is 2. The third-order valence-corrected chi connectivity index (χ3v) is 5.52. The minimum absolute atomic E-state index is 0. The van der Waals surface area contributed by atoms with Crippen molar-refractivity contribution in [2.24, 2.45) is 16.3 Å². The Morgan fingerprint density at radius 1 is 1.21 bits per heavy atom. The Hall–Kier alpha value is -0.610. The highest BCUT2D eigenvalue weighted by atomic mass is 127. The Morgan fingerprint density at radius 3 is 2.41 bits per heavy atom.